The van der Waals surface area contributed by atoms with Gasteiger partial charge in [0.25, 0.3) is 5.91 Å². The van der Waals surface area contributed by atoms with Crippen molar-refractivity contribution in [2.75, 3.05) is 13.1 Å². The van der Waals surface area contributed by atoms with E-state index in [0.717, 1.165) is 31.5 Å². The highest BCUT2D eigenvalue weighted by Crippen LogP contribution is 2.32. The Bertz CT molecular complexity index is 688. The predicted molar refractivity (Wildman–Crippen MR) is 90.7 cm³/mol. The molecule has 0 atom stereocenters. The Morgan fingerprint density at radius 3 is 2.48 bits per heavy atom. The molecule has 1 aromatic heterocycles. The molecular formula is C18H21ClN2O2. The van der Waals surface area contributed by atoms with Crippen LogP contribution in [0.5, 0.6) is 0 Å². The fraction of sp³-hybridized carbons (Fsp3) is 0.444. The van der Waals surface area contributed by atoms with Gasteiger partial charge in [0, 0.05) is 18.7 Å². The lowest BCUT2D eigenvalue weighted by Crippen LogP contribution is -2.34. The molecule has 0 bridgehead atoms. The van der Waals surface area contributed by atoms with E-state index in [2.05, 4.69) is 5.16 Å². The highest BCUT2D eigenvalue weighted by atomic mass is 35.5. The lowest BCUT2D eigenvalue weighted by atomic mass is 10.0. The van der Waals surface area contributed by atoms with Crippen molar-refractivity contribution in [1.82, 2.24) is 10.1 Å². The SMILES string of the molecule is Cc1onc(-c2ccccc2Cl)c1C(=O)N1CCCCCCC1. The molecule has 2 aromatic rings. The van der Waals surface area contributed by atoms with Crippen molar-refractivity contribution in [3.05, 3.63) is 40.6 Å². The molecule has 1 aliphatic rings. The topological polar surface area (TPSA) is 46.3 Å². The first-order chi connectivity index (χ1) is 11.2. The summed E-state index contributed by atoms with van der Waals surface area (Å²) < 4.78 is 5.32. The Hall–Kier alpha value is -1.81. The summed E-state index contributed by atoms with van der Waals surface area (Å²) in [4.78, 5) is 15.0. The molecular weight excluding hydrogens is 312 g/mol. The smallest absolute Gasteiger partial charge is 0.259 e. The van der Waals surface area contributed by atoms with Crippen LogP contribution in [0.1, 0.15) is 48.2 Å². The third kappa shape index (κ3) is 3.42. The number of carbonyl (C=O) groups excluding carboxylic acids is 1. The van der Waals surface area contributed by atoms with Crippen molar-refractivity contribution < 1.29 is 9.32 Å². The summed E-state index contributed by atoms with van der Waals surface area (Å²) in [5.74, 6) is 0.549. The summed E-state index contributed by atoms with van der Waals surface area (Å²) in [5, 5.41) is 4.67. The zero-order valence-corrected chi connectivity index (χ0v) is 14.1. The number of carbonyl (C=O) groups is 1. The van der Waals surface area contributed by atoms with E-state index in [1.807, 2.05) is 23.1 Å². The van der Waals surface area contributed by atoms with Gasteiger partial charge in [0.05, 0.1) is 5.02 Å². The van der Waals surface area contributed by atoms with Crippen molar-refractivity contribution >= 4 is 17.5 Å². The van der Waals surface area contributed by atoms with Gasteiger partial charge in [0.2, 0.25) is 0 Å². The van der Waals surface area contributed by atoms with Crippen LogP contribution in [0.15, 0.2) is 28.8 Å². The number of nitrogens with zero attached hydrogens (tertiary/aromatic N) is 2. The molecule has 0 unspecified atom stereocenters. The first-order valence-corrected chi connectivity index (χ1v) is 8.56. The van der Waals surface area contributed by atoms with Crippen LogP contribution in [0.25, 0.3) is 11.3 Å². The first kappa shape index (κ1) is 16.1. The minimum atomic E-state index is 0.000528. The maximum absolute atomic E-state index is 13.0. The lowest BCUT2D eigenvalue weighted by molar-refractivity contribution is 0.0741. The molecule has 0 spiro atoms. The molecule has 0 aliphatic carbocycles. The summed E-state index contributed by atoms with van der Waals surface area (Å²) in [6.07, 6.45) is 5.74. The second-order valence-electron chi connectivity index (χ2n) is 6.00. The standard InChI is InChI=1S/C18H21ClN2O2/c1-13-16(18(22)21-11-7-3-2-4-8-12-21)17(20-23-13)14-9-5-6-10-15(14)19/h5-6,9-10H,2-4,7-8,11-12H2,1H3. The summed E-state index contributed by atoms with van der Waals surface area (Å²) in [5.41, 5.74) is 1.82. The highest BCUT2D eigenvalue weighted by molar-refractivity contribution is 6.33. The Labute approximate surface area is 141 Å². The summed E-state index contributed by atoms with van der Waals surface area (Å²) in [6.45, 7) is 3.38. The van der Waals surface area contributed by atoms with Gasteiger partial charge in [-0.25, -0.2) is 0 Å². The van der Waals surface area contributed by atoms with E-state index in [0.29, 0.717) is 22.0 Å². The van der Waals surface area contributed by atoms with Crippen molar-refractivity contribution in [1.29, 1.82) is 0 Å². The Kier molecular flexibility index (Phi) is 5.01. The molecule has 2 heterocycles. The van der Waals surface area contributed by atoms with Crippen LogP contribution in [0, 0.1) is 6.92 Å². The van der Waals surface area contributed by atoms with Gasteiger partial charge in [0.1, 0.15) is 17.0 Å². The number of hydrogen-bond acceptors (Lipinski definition) is 3. The number of amides is 1. The number of likely N-dealkylation sites (tertiary alicyclic amines) is 1. The zero-order valence-electron chi connectivity index (χ0n) is 13.3. The van der Waals surface area contributed by atoms with Crippen LogP contribution in [0.2, 0.25) is 5.02 Å². The van der Waals surface area contributed by atoms with E-state index in [4.69, 9.17) is 16.1 Å². The first-order valence-electron chi connectivity index (χ1n) is 8.19. The number of halogens is 1. The van der Waals surface area contributed by atoms with E-state index in [9.17, 15) is 4.79 Å². The molecule has 4 nitrogen and oxygen atoms in total. The van der Waals surface area contributed by atoms with Crippen molar-refractivity contribution in [2.24, 2.45) is 0 Å². The molecule has 1 aliphatic heterocycles. The van der Waals surface area contributed by atoms with Crippen molar-refractivity contribution in [2.45, 2.75) is 39.0 Å². The lowest BCUT2D eigenvalue weighted by Gasteiger charge is -2.24. The number of benzene rings is 1. The molecule has 122 valence electrons. The van der Waals surface area contributed by atoms with Crippen LogP contribution in [0.3, 0.4) is 0 Å². The van der Waals surface area contributed by atoms with Crippen LogP contribution in [-0.4, -0.2) is 29.1 Å². The Morgan fingerprint density at radius 2 is 1.78 bits per heavy atom. The maximum atomic E-state index is 13.0. The normalized spacial score (nSPS) is 16.0. The second-order valence-corrected chi connectivity index (χ2v) is 6.41. The van der Waals surface area contributed by atoms with Gasteiger partial charge >= 0.3 is 0 Å². The molecule has 1 aromatic carbocycles. The second kappa shape index (κ2) is 7.18. The summed E-state index contributed by atoms with van der Waals surface area (Å²) in [6, 6.07) is 7.41. The van der Waals surface area contributed by atoms with Gasteiger partial charge in [-0.15, -0.1) is 0 Å². The third-order valence-electron chi connectivity index (χ3n) is 4.35. The highest BCUT2D eigenvalue weighted by Gasteiger charge is 2.27. The average molecular weight is 333 g/mol. The minimum absolute atomic E-state index is 0.000528. The van der Waals surface area contributed by atoms with E-state index >= 15 is 0 Å². The molecule has 1 fully saturated rings. The Balaban J connectivity index is 1.94. The van der Waals surface area contributed by atoms with Crippen molar-refractivity contribution in [3.8, 4) is 11.3 Å². The molecule has 0 radical (unpaired) electrons. The fourth-order valence-corrected chi connectivity index (χ4v) is 3.30. The van der Waals surface area contributed by atoms with Crippen LogP contribution < -0.4 is 0 Å². The largest absolute Gasteiger partial charge is 0.360 e. The molecule has 23 heavy (non-hydrogen) atoms. The predicted octanol–water partition coefficient (Wildman–Crippen LogP) is 4.71. The van der Waals surface area contributed by atoms with E-state index in [1.54, 1.807) is 13.0 Å². The van der Waals surface area contributed by atoms with Gasteiger partial charge in [-0.3, -0.25) is 4.79 Å². The monoisotopic (exact) mass is 332 g/mol. The molecule has 1 saturated heterocycles. The Morgan fingerprint density at radius 1 is 1.13 bits per heavy atom. The molecule has 0 N–H and O–H groups in total. The van der Waals surface area contributed by atoms with Gasteiger partial charge in [-0.2, -0.15) is 0 Å². The quantitative estimate of drug-likeness (QED) is 0.800. The zero-order chi connectivity index (χ0) is 16.2. The van der Waals surface area contributed by atoms with Gasteiger partial charge in [-0.05, 0) is 25.8 Å². The number of hydrogen-bond donors (Lipinski definition) is 0. The molecule has 1 amide bonds. The summed E-state index contributed by atoms with van der Waals surface area (Å²) in [7, 11) is 0. The molecule has 3 rings (SSSR count). The van der Waals surface area contributed by atoms with Gasteiger partial charge in [0.15, 0.2) is 0 Å². The van der Waals surface area contributed by atoms with Crippen LogP contribution >= 0.6 is 11.6 Å². The van der Waals surface area contributed by atoms with Crippen LogP contribution in [-0.2, 0) is 0 Å². The maximum Gasteiger partial charge on any atom is 0.259 e. The van der Waals surface area contributed by atoms with E-state index in [1.165, 1.54) is 19.3 Å². The van der Waals surface area contributed by atoms with Gasteiger partial charge < -0.3 is 9.42 Å². The average Bonchev–Trinajstić information content (AvgIpc) is 2.88. The number of aromatic nitrogens is 1. The summed E-state index contributed by atoms with van der Waals surface area (Å²) >= 11 is 6.27. The molecule has 5 heteroatoms. The van der Waals surface area contributed by atoms with Crippen molar-refractivity contribution in [3.63, 3.8) is 0 Å². The van der Waals surface area contributed by atoms with E-state index in [-0.39, 0.29) is 5.91 Å². The number of rotatable bonds is 2. The van der Waals surface area contributed by atoms with Gasteiger partial charge in [-0.1, -0.05) is 54.2 Å². The molecule has 0 saturated carbocycles. The fourth-order valence-electron chi connectivity index (χ4n) is 3.07. The van der Waals surface area contributed by atoms with E-state index < -0.39 is 0 Å². The van der Waals surface area contributed by atoms with Crippen LogP contribution in [0.4, 0.5) is 0 Å². The third-order valence-corrected chi connectivity index (χ3v) is 4.68. The number of aryl methyl sites for hydroxylation is 1. The minimum Gasteiger partial charge on any atom is -0.360 e.